The van der Waals surface area contributed by atoms with E-state index in [2.05, 4.69) is 36.7 Å². The van der Waals surface area contributed by atoms with E-state index in [-0.39, 0.29) is 17.1 Å². The number of ether oxygens (including phenoxy) is 1. The fourth-order valence-electron chi connectivity index (χ4n) is 3.16. The summed E-state index contributed by atoms with van der Waals surface area (Å²) in [6.45, 7) is 7.23. The van der Waals surface area contributed by atoms with Gasteiger partial charge in [0.25, 0.3) is 0 Å². The number of benzene rings is 1. The van der Waals surface area contributed by atoms with Crippen molar-refractivity contribution in [3.63, 3.8) is 0 Å². The number of Topliss-reactive ketones (excluding diaryl/α,β-unsaturated/α-hetero) is 1. The first-order chi connectivity index (χ1) is 9.95. The number of rotatable bonds is 5. The van der Waals surface area contributed by atoms with Gasteiger partial charge in [-0.05, 0) is 58.8 Å². The molecule has 21 heavy (non-hydrogen) atoms. The molecule has 0 N–H and O–H groups in total. The lowest BCUT2D eigenvalue weighted by molar-refractivity contribution is 0.0697. The molecule has 1 aliphatic carbocycles. The summed E-state index contributed by atoms with van der Waals surface area (Å²) >= 11 is 3.52. The first-order valence-electron chi connectivity index (χ1n) is 7.92. The van der Waals surface area contributed by atoms with Crippen molar-refractivity contribution in [3.8, 4) is 5.75 Å². The minimum absolute atomic E-state index is 0.110. The van der Waals surface area contributed by atoms with Crippen LogP contribution in [0.5, 0.6) is 5.75 Å². The van der Waals surface area contributed by atoms with Gasteiger partial charge in [0.05, 0.1) is 11.1 Å². The summed E-state index contributed by atoms with van der Waals surface area (Å²) in [6.07, 6.45) is 5.53. The van der Waals surface area contributed by atoms with Crippen LogP contribution in [0, 0.1) is 11.3 Å². The summed E-state index contributed by atoms with van der Waals surface area (Å²) < 4.78 is 6.52. The molecule has 2 nitrogen and oxygen atoms in total. The van der Waals surface area contributed by atoms with Crippen molar-refractivity contribution >= 4 is 21.7 Å². The number of carbonyl (C=O) groups excluding carboxylic acids is 1. The highest BCUT2D eigenvalue weighted by Gasteiger charge is 2.37. The summed E-state index contributed by atoms with van der Waals surface area (Å²) in [5.74, 6) is 1.24. The Bertz CT molecular complexity index is 508. The van der Waals surface area contributed by atoms with Gasteiger partial charge in [0, 0.05) is 11.5 Å². The zero-order chi connectivity index (χ0) is 15.5. The van der Waals surface area contributed by atoms with Gasteiger partial charge in [0.1, 0.15) is 5.75 Å². The Morgan fingerprint density at radius 1 is 1.38 bits per heavy atom. The fourth-order valence-corrected chi connectivity index (χ4v) is 3.66. The van der Waals surface area contributed by atoms with Crippen LogP contribution in [0.3, 0.4) is 0 Å². The highest BCUT2D eigenvalue weighted by molar-refractivity contribution is 9.10. The smallest absolute Gasteiger partial charge is 0.166 e. The van der Waals surface area contributed by atoms with Crippen molar-refractivity contribution < 1.29 is 9.53 Å². The Labute approximate surface area is 136 Å². The van der Waals surface area contributed by atoms with Crippen LogP contribution in [-0.2, 0) is 0 Å². The molecule has 3 heteroatoms. The molecular formula is C18H25BrO2. The number of hydrogen-bond donors (Lipinski definition) is 0. The van der Waals surface area contributed by atoms with E-state index < -0.39 is 0 Å². The lowest BCUT2D eigenvalue weighted by Crippen LogP contribution is -2.34. The van der Waals surface area contributed by atoms with E-state index in [9.17, 15) is 4.79 Å². The van der Waals surface area contributed by atoms with Crippen LogP contribution < -0.4 is 4.74 Å². The molecule has 0 aliphatic heterocycles. The zero-order valence-corrected chi connectivity index (χ0v) is 14.8. The quantitative estimate of drug-likeness (QED) is 0.641. The molecular weight excluding hydrogens is 328 g/mol. The van der Waals surface area contributed by atoms with Gasteiger partial charge in [-0.3, -0.25) is 4.79 Å². The van der Waals surface area contributed by atoms with Gasteiger partial charge in [-0.25, -0.2) is 0 Å². The van der Waals surface area contributed by atoms with Crippen LogP contribution in [0.15, 0.2) is 22.7 Å². The number of halogens is 1. The van der Waals surface area contributed by atoms with Crippen molar-refractivity contribution in [2.24, 2.45) is 11.3 Å². The van der Waals surface area contributed by atoms with E-state index in [0.717, 1.165) is 35.0 Å². The summed E-state index contributed by atoms with van der Waals surface area (Å²) in [4.78, 5) is 12.8. The van der Waals surface area contributed by atoms with Crippen LogP contribution in [0.1, 0.15) is 63.2 Å². The predicted molar refractivity (Wildman–Crippen MR) is 90.0 cm³/mol. The Morgan fingerprint density at radius 2 is 2.14 bits per heavy atom. The number of hydrogen-bond acceptors (Lipinski definition) is 2. The van der Waals surface area contributed by atoms with Crippen molar-refractivity contribution in [2.75, 3.05) is 6.61 Å². The van der Waals surface area contributed by atoms with Gasteiger partial charge in [0.15, 0.2) is 5.78 Å². The predicted octanol–water partition coefficient (Wildman–Crippen LogP) is 5.64. The summed E-state index contributed by atoms with van der Waals surface area (Å²) in [5, 5.41) is 0. The molecule has 0 saturated heterocycles. The molecule has 1 saturated carbocycles. The second-order valence-corrected chi connectivity index (χ2v) is 7.50. The molecule has 1 aromatic carbocycles. The maximum atomic E-state index is 12.8. The fraction of sp³-hybridized carbons (Fsp3) is 0.611. The van der Waals surface area contributed by atoms with Crippen molar-refractivity contribution in [1.82, 2.24) is 0 Å². The van der Waals surface area contributed by atoms with E-state index in [0.29, 0.717) is 6.61 Å². The third-order valence-electron chi connectivity index (χ3n) is 4.50. The topological polar surface area (TPSA) is 26.3 Å². The van der Waals surface area contributed by atoms with Crippen LogP contribution in [0.25, 0.3) is 0 Å². The average molecular weight is 353 g/mol. The van der Waals surface area contributed by atoms with E-state index in [1.165, 1.54) is 12.8 Å². The largest absolute Gasteiger partial charge is 0.492 e. The minimum Gasteiger partial charge on any atom is -0.492 e. The average Bonchev–Trinajstić information content (AvgIpc) is 2.45. The Morgan fingerprint density at radius 3 is 2.76 bits per heavy atom. The lowest BCUT2D eigenvalue weighted by atomic mass is 9.66. The molecule has 0 radical (unpaired) electrons. The zero-order valence-electron chi connectivity index (χ0n) is 13.2. The maximum Gasteiger partial charge on any atom is 0.166 e. The number of carbonyl (C=O) groups is 1. The molecule has 0 bridgehead atoms. The molecule has 1 aliphatic rings. The van der Waals surface area contributed by atoms with Crippen LogP contribution in [-0.4, -0.2) is 12.4 Å². The van der Waals surface area contributed by atoms with Crippen molar-refractivity contribution in [2.45, 2.75) is 52.9 Å². The highest BCUT2D eigenvalue weighted by Crippen LogP contribution is 2.42. The second kappa shape index (κ2) is 6.95. The van der Waals surface area contributed by atoms with Crippen molar-refractivity contribution in [3.05, 3.63) is 28.2 Å². The molecule has 1 fully saturated rings. The lowest BCUT2D eigenvalue weighted by Gasteiger charge is -2.37. The van der Waals surface area contributed by atoms with Crippen LogP contribution >= 0.6 is 15.9 Å². The molecule has 1 unspecified atom stereocenters. The highest BCUT2D eigenvalue weighted by atomic mass is 79.9. The molecule has 116 valence electrons. The van der Waals surface area contributed by atoms with E-state index in [1.807, 2.05) is 18.2 Å². The first-order valence-corrected chi connectivity index (χ1v) is 8.71. The van der Waals surface area contributed by atoms with Crippen LogP contribution in [0.4, 0.5) is 0 Å². The van der Waals surface area contributed by atoms with Gasteiger partial charge in [-0.1, -0.05) is 33.6 Å². The summed E-state index contributed by atoms with van der Waals surface area (Å²) in [5.41, 5.74) is 0.907. The van der Waals surface area contributed by atoms with Gasteiger partial charge in [-0.15, -0.1) is 0 Å². The summed E-state index contributed by atoms with van der Waals surface area (Å²) in [6, 6.07) is 5.73. The van der Waals surface area contributed by atoms with Gasteiger partial charge >= 0.3 is 0 Å². The maximum absolute atomic E-state index is 12.8. The SMILES string of the molecule is CCCOc1ccc(C(=O)C2CCCCC2(C)C)cc1Br. The third-order valence-corrected chi connectivity index (χ3v) is 5.12. The molecule has 0 spiro atoms. The van der Waals surface area contributed by atoms with Crippen LogP contribution in [0.2, 0.25) is 0 Å². The van der Waals surface area contributed by atoms with E-state index in [4.69, 9.17) is 4.74 Å². The number of ketones is 1. The molecule has 0 amide bonds. The Balaban J connectivity index is 2.17. The second-order valence-electron chi connectivity index (χ2n) is 6.64. The Kier molecular flexibility index (Phi) is 5.48. The Hall–Kier alpha value is -0.830. The molecule has 1 atom stereocenters. The van der Waals surface area contributed by atoms with Gasteiger partial charge in [0.2, 0.25) is 0 Å². The van der Waals surface area contributed by atoms with Gasteiger partial charge in [-0.2, -0.15) is 0 Å². The van der Waals surface area contributed by atoms with Crippen molar-refractivity contribution in [1.29, 1.82) is 0 Å². The monoisotopic (exact) mass is 352 g/mol. The van der Waals surface area contributed by atoms with E-state index in [1.54, 1.807) is 0 Å². The third kappa shape index (κ3) is 3.88. The van der Waals surface area contributed by atoms with E-state index >= 15 is 0 Å². The molecule has 2 rings (SSSR count). The molecule has 1 aromatic rings. The minimum atomic E-state index is 0.110. The van der Waals surface area contributed by atoms with Gasteiger partial charge < -0.3 is 4.74 Å². The molecule has 0 aromatic heterocycles. The first kappa shape index (κ1) is 16.5. The standard InChI is InChI=1S/C18H25BrO2/c1-4-11-21-16-9-8-13(12-15(16)19)17(20)14-7-5-6-10-18(14,2)3/h8-9,12,14H,4-7,10-11H2,1-3H3. The molecule has 0 heterocycles. The normalized spacial score (nSPS) is 21.0. The summed E-state index contributed by atoms with van der Waals surface area (Å²) in [7, 11) is 0.